The van der Waals surface area contributed by atoms with Gasteiger partial charge in [0.25, 0.3) is 5.91 Å². The van der Waals surface area contributed by atoms with E-state index in [4.69, 9.17) is 4.74 Å². The zero-order valence-electron chi connectivity index (χ0n) is 19.7. The number of hydrogen-bond acceptors (Lipinski definition) is 4. The molecule has 1 aliphatic heterocycles. The molecule has 35 heavy (non-hydrogen) atoms. The Labute approximate surface area is 218 Å². The van der Waals surface area contributed by atoms with Crippen LogP contribution in [-0.2, 0) is 16.0 Å². The fraction of sp³-hybridized carbons (Fsp3) is 0.214. The predicted octanol–water partition coefficient (Wildman–Crippen LogP) is 6.08. The van der Waals surface area contributed by atoms with E-state index < -0.39 is 0 Å². The van der Waals surface area contributed by atoms with Crippen LogP contribution in [-0.4, -0.2) is 31.5 Å². The number of carbonyl (C=O) groups is 2. The lowest BCUT2D eigenvalue weighted by Crippen LogP contribution is -2.45. The van der Waals surface area contributed by atoms with Gasteiger partial charge in [-0.1, -0.05) is 60.3 Å². The summed E-state index contributed by atoms with van der Waals surface area (Å²) in [4.78, 5) is 29.4. The number of fused-ring (bicyclic) bond motifs is 1. The maximum absolute atomic E-state index is 13.5. The SMILES string of the molecule is COc1ccc(/C=C2/Sc3ccccc3N(CC(=O)NC(C)CCc3ccccc3)C2=O)cc1Br. The molecule has 7 heteroatoms. The van der Waals surface area contributed by atoms with Gasteiger partial charge >= 0.3 is 0 Å². The van der Waals surface area contributed by atoms with E-state index in [1.54, 1.807) is 12.0 Å². The zero-order chi connectivity index (χ0) is 24.8. The molecule has 1 atom stereocenters. The van der Waals surface area contributed by atoms with Gasteiger partial charge in [0, 0.05) is 10.9 Å². The van der Waals surface area contributed by atoms with Crippen LogP contribution in [0.3, 0.4) is 0 Å². The molecule has 1 aliphatic rings. The predicted molar refractivity (Wildman–Crippen MR) is 146 cm³/mol. The Hall–Kier alpha value is -3.03. The number of carbonyl (C=O) groups excluding carboxylic acids is 2. The van der Waals surface area contributed by atoms with Gasteiger partial charge in [-0.05, 0) is 77.2 Å². The fourth-order valence-electron chi connectivity index (χ4n) is 3.91. The molecule has 5 nitrogen and oxygen atoms in total. The third kappa shape index (κ3) is 6.35. The highest BCUT2D eigenvalue weighted by molar-refractivity contribution is 9.10. The first kappa shape index (κ1) is 25.1. The third-order valence-electron chi connectivity index (χ3n) is 5.72. The van der Waals surface area contributed by atoms with Crippen LogP contribution in [0.2, 0.25) is 0 Å². The standard InChI is InChI=1S/C28H27BrN2O3S/c1-19(12-13-20-8-4-3-5-9-20)30-27(32)18-31-23-10-6-7-11-25(23)35-26(28(31)33)17-21-14-15-24(34-2)22(29)16-21/h3-11,14-17,19H,12-13,18H2,1-2H3,(H,30,32)/b26-17+. The van der Waals surface area contributed by atoms with Gasteiger partial charge in [-0.15, -0.1) is 0 Å². The van der Waals surface area contributed by atoms with E-state index in [1.165, 1.54) is 17.3 Å². The van der Waals surface area contributed by atoms with Crippen molar-refractivity contribution in [3.05, 3.63) is 93.3 Å². The Balaban J connectivity index is 1.48. The van der Waals surface area contributed by atoms with Crippen LogP contribution < -0.4 is 15.0 Å². The van der Waals surface area contributed by atoms with Crippen LogP contribution in [0.1, 0.15) is 24.5 Å². The van der Waals surface area contributed by atoms with Crippen LogP contribution in [0.4, 0.5) is 5.69 Å². The van der Waals surface area contributed by atoms with Crippen LogP contribution in [0.5, 0.6) is 5.75 Å². The number of aryl methyl sites for hydroxylation is 1. The molecule has 2 amide bonds. The monoisotopic (exact) mass is 550 g/mol. The highest BCUT2D eigenvalue weighted by atomic mass is 79.9. The van der Waals surface area contributed by atoms with Crippen molar-refractivity contribution in [2.24, 2.45) is 0 Å². The summed E-state index contributed by atoms with van der Waals surface area (Å²) >= 11 is 4.92. The summed E-state index contributed by atoms with van der Waals surface area (Å²) in [5.41, 5.74) is 2.86. The lowest BCUT2D eigenvalue weighted by molar-refractivity contribution is -0.122. The number of halogens is 1. The molecule has 1 heterocycles. The number of methoxy groups -OCH3 is 1. The third-order valence-corrected chi connectivity index (χ3v) is 7.42. The summed E-state index contributed by atoms with van der Waals surface area (Å²) in [5, 5.41) is 3.05. The molecule has 3 aromatic rings. The molecular weight excluding hydrogens is 524 g/mol. The van der Waals surface area contributed by atoms with Gasteiger partial charge in [0.1, 0.15) is 12.3 Å². The molecule has 0 spiro atoms. The number of para-hydroxylation sites is 1. The maximum Gasteiger partial charge on any atom is 0.265 e. The number of ether oxygens (including phenoxy) is 1. The molecule has 0 radical (unpaired) electrons. The zero-order valence-corrected chi connectivity index (χ0v) is 22.1. The topological polar surface area (TPSA) is 58.6 Å². The number of amides is 2. The van der Waals surface area contributed by atoms with Crippen molar-refractivity contribution < 1.29 is 14.3 Å². The van der Waals surface area contributed by atoms with Gasteiger partial charge in [-0.3, -0.25) is 14.5 Å². The second kappa shape index (κ2) is 11.6. The molecule has 3 aromatic carbocycles. The van der Waals surface area contributed by atoms with Gasteiger partial charge in [-0.2, -0.15) is 0 Å². The van der Waals surface area contributed by atoms with Crippen molar-refractivity contribution in [3.63, 3.8) is 0 Å². The van der Waals surface area contributed by atoms with E-state index in [2.05, 4.69) is 33.4 Å². The van der Waals surface area contributed by atoms with Gasteiger partial charge in [0.2, 0.25) is 5.91 Å². The molecule has 4 rings (SSSR count). The molecule has 180 valence electrons. The highest BCUT2D eigenvalue weighted by Crippen LogP contribution is 2.42. The minimum atomic E-state index is -0.187. The Bertz CT molecular complexity index is 1250. The van der Waals surface area contributed by atoms with Crippen molar-refractivity contribution in [1.82, 2.24) is 5.32 Å². The number of benzene rings is 3. The Morgan fingerprint density at radius 2 is 1.86 bits per heavy atom. The Kier molecular flexibility index (Phi) is 8.31. The number of hydrogen-bond donors (Lipinski definition) is 1. The molecule has 0 aromatic heterocycles. The van der Waals surface area contributed by atoms with Crippen LogP contribution in [0.15, 0.2) is 87.1 Å². The molecule has 0 fully saturated rings. The van der Waals surface area contributed by atoms with Gasteiger partial charge in [0.15, 0.2) is 0 Å². The van der Waals surface area contributed by atoms with Crippen molar-refractivity contribution in [2.75, 3.05) is 18.6 Å². The van der Waals surface area contributed by atoms with Crippen molar-refractivity contribution >= 4 is 51.3 Å². The number of thioether (sulfide) groups is 1. The summed E-state index contributed by atoms with van der Waals surface area (Å²) in [6, 6.07) is 23.5. The summed E-state index contributed by atoms with van der Waals surface area (Å²) in [6.07, 6.45) is 3.56. The minimum Gasteiger partial charge on any atom is -0.496 e. The van der Waals surface area contributed by atoms with E-state index in [0.29, 0.717) is 4.91 Å². The first-order valence-electron chi connectivity index (χ1n) is 11.4. The number of nitrogens with one attached hydrogen (secondary N) is 1. The molecular formula is C28H27BrN2O3S. The summed E-state index contributed by atoms with van der Waals surface area (Å²) in [7, 11) is 1.61. The molecule has 0 saturated carbocycles. The summed E-state index contributed by atoms with van der Waals surface area (Å²) in [5.74, 6) is 0.361. The lowest BCUT2D eigenvalue weighted by atomic mass is 10.1. The second-order valence-corrected chi connectivity index (χ2v) is 10.3. The van der Waals surface area contributed by atoms with Crippen molar-refractivity contribution in [3.8, 4) is 5.75 Å². The quantitative estimate of drug-likeness (QED) is 0.345. The van der Waals surface area contributed by atoms with Gasteiger partial charge in [-0.25, -0.2) is 0 Å². The summed E-state index contributed by atoms with van der Waals surface area (Å²) in [6.45, 7) is 1.96. The number of rotatable bonds is 8. The lowest BCUT2D eigenvalue weighted by Gasteiger charge is -2.30. The van der Waals surface area contributed by atoms with E-state index in [0.717, 1.165) is 39.2 Å². The van der Waals surface area contributed by atoms with Gasteiger partial charge in [0.05, 0.1) is 22.2 Å². The van der Waals surface area contributed by atoms with Crippen LogP contribution in [0.25, 0.3) is 6.08 Å². The number of nitrogens with zero attached hydrogens (tertiary/aromatic N) is 1. The van der Waals surface area contributed by atoms with Crippen molar-refractivity contribution in [2.45, 2.75) is 30.7 Å². The van der Waals surface area contributed by atoms with Crippen LogP contribution in [0, 0.1) is 0 Å². The van der Waals surface area contributed by atoms with E-state index in [1.807, 2.05) is 73.7 Å². The molecule has 0 aliphatic carbocycles. The Morgan fingerprint density at radius 1 is 1.11 bits per heavy atom. The number of anilines is 1. The summed E-state index contributed by atoms with van der Waals surface area (Å²) < 4.78 is 6.11. The van der Waals surface area contributed by atoms with Gasteiger partial charge < -0.3 is 10.1 Å². The highest BCUT2D eigenvalue weighted by Gasteiger charge is 2.30. The average Bonchev–Trinajstić information content (AvgIpc) is 2.86. The first-order chi connectivity index (χ1) is 16.9. The van der Waals surface area contributed by atoms with E-state index in [-0.39, 0.29) is 24.4 Å². The molecule has 0 saturated heterocycles. The smallest absolute Gasteiger partial charge is 0.265 e. The fourth-order valence-corrected chi connectivity index (χ4v) is 5.52. The second-order valence-electron chi connectivity index (χ2n) is 8.36. The van der Waals surface area contributed by atoms with Crippen LogP contribution >= 0.6 is 27.7 Å². The van der Waals surface area contributed by atoms with E-state index in [9.17, 15) is 9.59 Å². The Morgan fingerprint density at radius 3 is 2.60 bits per heavy atom. The minimum absolute atomic E-state index is 0.00104. The molecule has 0 bridgehead atoms. The molecule has 1 unspecified atom stereocenters. The largest absolute Gasteiger partial charge is 0.496 e. The van der Waals surface area contributed by atoms with E-state index >= 15 is 0 Å². The average molecular weight is 552 g/mol. The normalized spacial score (nSPS) is 15.0. The molecule has 1 N–H and O–H groups in total. The van der Waals surface area contributed by atoms with Crippen molar-refractivity contribution in [1.29, 1.82) is 0 Å². The maximum atomic E-state index is 13.5. The first-order valence-corrected chi connectivity index (χ1v) is 13.0.